The van der Waals surface area contributed by atoms with E-state index < -0.39 is 0 Å². The first-order valence-electron chi connectivity index (χ1n) is 23.9. The van der Waals surface area contributed by atoms with Crippen molar-refractivity contribution in [1.29, 1.82) is 0 Å². The third-order valence-electron chi connectivity index (χ3n) is 13.3. The van der Waals surface area contributed by atoms with E-state index in [1.165, 1.54) is 101 Å². The van der Waals surface area contributed by atoms with Gasteiger partial charge in [0.05, 0.1) is 17.1 Å². The minimum absolute atomic E-state index is 1.12. The number of nitrogens with zero attached hydrogens (tertiary/aromatic N) is 3. The molecule has 0 aromatic heterocycles. The molecule has 0 fully saturated rings. The second-order valence-electron chi connectivity index (χ2n) is 19.1. The molecule has 0 bridgehead atoms. The first-order chi connectivity index (χ1) is 32.7. The van der Waals surface area contributed by atoms with Gasteiger partial charge in [-0.05, 0) is 205 Å². The van der Waals surface area contributed by atoms with Crippen molar-refractivity contribution in [1.82, 2.24) is 0 Å². The van der Waals surface area contributed by atoms with Crippen molar-refractivity contribution >= 4 is 51.2 Å². The molecule has 0 atom stereocenters. The summed E-state index contributed by atoms with van der Waals surface area (Å²) in [6, 6.07) is 67.6. The molecular formula is C65H63N3. The Bertz CT molecular complexity index is 2970. The molecule has 0 radical (unpaired) electrons. The monoisotopic (exact) mass is 886 g/mol. The maximum Gasteiger partial charge on any atom is 0.0520 e. The van der Waals surface area contributed by atoms with Gasteiger partial charge in [0, 0.05) is 34.1 Å². The lowest BCUT2D eigenvalue weighted by atomic mass is 9.99. The third kappa shape index (κ3) is 9.22. The van der Waals surface area contributed by atoms with Crippen LogP contribution in [0.5, 0.6) is 0 Å². The van der Waals surface area contributed by atoms with Crippen LogP contribution in [0.3, 0.4) is 0 Å². The molecule has 9 rings (SSSR count). The average Bonchev–Trinajstić information content (AvgIpc) is 3.31. The number of aryl methyl sites for hydroxylation is 11. The summed E-state index contributed by atoms with van der Waals surface area (Å²) in [5.74, 6) is 0. The van der Waals surface area contributed by atoms with Crippen LogP contribution in [0.25, 0.3) is 22.3 Å². The van der Waals surface area contributed by atoms with Gasteiger partial charge in [-0.25, -0.2) is 0 Å². The fourth-order valence-electron chi connectivity index (χ4n) is 10.4. The van der Waals surface area contributed by atoms with E-state index in [1.54, 1.807) is 0 Å². The Balaban J connectivity index is 1.03. The molecule has 0 aliphatic rings. The van der Waals surface area contributed by atoms with E-state index in [4.69, 9.17) is 0 Å². The summed E-state index contributed by atoms with van der Waals surface area (Å²) in [5.41, 5.74) is 29.1. The van der Waals surface area contributed by atoms with E-state index in [0.29, 0.717) is 0 Å². The van der Waals surface area contributed by atoms with Gasteiger partial charge in [-0.2, -0.15) is 0 Å². The van der Waals surface area contributed by atoms with Gasteiger partial charge in [-0.15, -0.1) is 0 Å². The fraction of sp³-hybridized carbons (Fsp3) is 0.169. The lowest BCUT2D eigenvalue weighted by molar-refractivity contribution is 1.20. The Kier molecular flexibility index (Phi) is 12.7. The van der Waals surface area contributed by atoms with Crippen LogP contribution in [0.4, 0.5) is 51.2 Å². The maximum atomic E-state index is 2.42. The highest BCUT2D eigenvalue weighted by atomic mass is 15.2. The number of hydrogen-bond donors (Lipinski definition) is 0. The molecule has 3 heteroatoms. The van der Waals surface area contributed by atoms with Crippen molar-refractivity contribution in [3.63, 3.8) is 0 Å². The van der Waals surface area contributed by atoms with E-state index >= 15 is 0 Å². The van der Waals surface area contributed by atoms with Gasteiger partial charge in [-0.1, -0.05) is 137 Å². The number of hydrogen-bond acceptors (Lipinski definition) is 3. The van der Waals surface area contributed by atoms with Crippen molar-refractivity contribution < 1.29 is 0 Å². The molecule has 9 aromatic rings. The Morgan fingerprint density at radius 1 is 0.191 bits per heavy atom. The van der Waals surface area contributed by atoms with Crippen LogP contribution in [-0.2, 0) is 0 Å². The summed E-state index contributed by atoms with van der Waals surface area (Å²) in [5, 5.41) is 0. The second kappa shape index (κ2) is 18.9. The van der Waals surface area contributed by atoms with E-state index in [1.807, 2.05) is 0 Å². The van der Waals surface area contributed by atoms with Crippen LogP contribution in [0.1, 0.15) is 61.2 Å². The molecule has 0 heterocycles. The summed E-state index contributed by atoms with van der Waals surface area (Å²) >= 11 is 0. The lowest BCUT2D eigenvalue weighted by Crippen LogP contribution is -2.13. The Hall–Kier alpha value is -7.62. The van der Waals surface area contributed by atoms with Crippen LogP contribution >= 0.6 is 0 Å². The zero-order valence-corrected chi connectivity index (χ0v) is 41.7. The molecule has 3 nitrogen and oxygen atoms in total. The minimum Gasteiger partial charge on any atom is -0.310 e. The number of rotatable bonds is 11. The van der Waals surface area contributed by atoms with Crippen LogP contribution in [0.2, 0.25) is 0 Å². The van der Waals surface area contributed by atoms with Crippen LogP contribution in [-0.4, -0.2) is 0 Å². The van der Waals surface area contributed by atoms with E-state index in [-0.39, 0.29) is 0 Å². The molecule has 0 saturated heterocycles. The molecule has 0 N–H and O–H groups in total. The predicted molar refractivity (Wildman–Crippen MR) is 293 cm³/mol. The molecule has 0 aliphatic carbocycles. The summed E-state index contributed by atoms with van der Waals surface area (Å²) in [4.78, 5) is 7.21. The van der Waals surface area contributed by atoms with Gasteiger partial charge in [0.1, 0.15) is 0 Å². The van der Waals surface area contributed by atoms with Crippen molar-refractivity contribution in [2.45, 2.75) is 76.2 Å². The van der Waals surface area contributed by atoms with Gasteiger partial charge >= 0.3 is 0 Å². The lowest BCUT2D eigenvalue weighted by Gasteiger charge is -2.30. The highest BCUT2D eigenvalue weighted by Crippen LogP contribution is 2.44. The SMILES string of the molecule is Cc1ccc(N(c2ccc(-c3ccc(N(c4ccc(-c5ccc(N(c6ccc(C)cc6)c6c(C)cc(C)cc6C)cc5)cc4)c4c(C)cc(C)cc4C)cc3)cc2)c2c(C)cc(C)cc2C)cc1. The first-order valence-corrected chi connectivity index (χ1v) is 23.9. The maximum absolute atomic E-state index is 2.42. The zero-order chi connectivity index (χ0) is 47.8. The molecule has 338 valence electrons. The Morgan fingerprint density at radius 3 is 0.529 bits per heavy atom. The number of benzene rings is 9. The Morgan fingerprint density at radius 2 is 0.353 bits per heavy atom. The van der Waals surface area contributed by atoms with E-state index in [9.17, 15) is 0 Å². The quantitative estimate of drug-likeness (QED) is 0.128. The van der Waals surface area contributed by atoms with Gasteiger partial charge in [0.2, 0.25) is 0 Å². The van der Waals surface area contributed by atoms with Gasteiger partial charge in [0.25, 0.3) is 0 Å². The minimum atomic E-state index is 1.12. The standard InChI is InChI=1S/C65H63N3/c1-42-12-24-57(25-13-42)66(63-47(6)36-44(3)37-48(63)7)59-28-16-53(17-29-59)55-20-32-61(33-21-55)68(65-51(10)40-46(5)41-52(65)11)62-34-22-56(23-35-62)54-18-30-60(31-19-54)67(58-26-14-43(2)15-27-58)64-49(8)38-45(4)39-50(64)9/h12-41H,1-11H3. The molecular weight excluding hydrogens is 823 g/mol. The largest absolute Gasteiger partial charge is 0.310 e. The van der Waals surface area contributed by atoms with Crippen molar-refractivity contribution in [2.75, 3.05) is 14.7 Å². The van der Waals surface area contributed by atoms with Crippen molar-refractivity contribution in [3.05, 3.63) is 243 Å². The molecule has 0 amide bonds. The molecule has 0 unspecified atom stereocenters. The normalized spacial score (nSPS) is 11.2. The van der Waals surface area contributed by atoms with Gasteiger partial charge in [-0.3, -0.25) is 0 Å². The molecule has 0 saturated carbocycles. The summed E-state index contributed by atoms with van der Waals surface area (Å²) < 4.78 is 0. The number of anilines is 9. The highest BCUT2D eigenvalue weighted by Gasteiger charge is 2.21. The van der Waals surface area contributed by atoms with Gasteiger partial charge < -0.3 is 14.7 Å². The van der Waals surface area contributed by atoms with E-state index in [0.717, 1.165) is 34.1 Å². The molecule has 68 heavy (non-hydrogen) atoms. The molecule has 0 spiro atoms. The smallest absolute Gasteiger partial charge is 0.0520 e. The summed E-state index contributed by atoms with van der Waals surface area (Å²) in [6.07, 6.45) is 0. The summed E-state index contributed by atoms with van der Waals surface area (Å²) in [7, 11) is 0. The van der Waals surface area contributed by atoms with Crippen LogP contribution < -0.4 is 14.7 Å². The summed E-state index contributed by atoms with van der Waals surface area (Å²) in [6.45, 7) is 24.2. The van der Waals surface area contributed by atoms with Gasteiger partial charge in [0.15, 0.2) is 0 Å². The third-order valence-corrected chi connectivity index (χ3v) is 13.3. The second-order valence-corrected chi connectivity index (χ2v) is 19.1. The Labute approximate surface area is 405 Å². The van der Waals surface area contributed by atoms with Crippen molar-refractivity contribution in [3.8, 4) is 22.3 Å². The van der Waals surface area contributed by atoms with Crippen LogP contribution in [0, 0.1) is 76.2 Å². The van der Waals surface area contributed by atoms with E-state index in [2.05, 4.69) is 273 Å². The highest BCUT2D eigenvalue weighted by molar-refractivity contribution is 5.86. The van der Waals surface area contributed by atoms with Crippen LogP contribution in [0.15, 0.2) is 182 Å². The fourth-order valence-corrected chi connectivity index (χ4v) is 10.4. The predicted octanol–water partition coefficient (Wildman–Crippen LogP) is 18.8. The topological polar surface area (TPSA) is 9.72 Å². The zero-order valence-electron chi connectivity index (χ0n) is 41.7. The average molecular weight is 886 g/mol. The van der Waals surface area contributed by atoms with Crippen molar-refractivity contribution in [2.24, 2.45) is 0 Å². The first kappa shape index (κ1) is 45.5. The molecule has 9 aromatic carbocycles. The molecule has 0 aliphatic heterocycles.